The predicted octanol–water partition coefficient (Wildman–Crippen LogP) is 5.56. The number of hydrogen-bond acceptors (Lipinski definition) is 4. The maximum atomic E-state index is 14.1. The van der Waals surface area contributed by atoms with E-state index in [1.807, 2.05) is 0 Å². The lowest BCUT2D eigenvalue weighted by molar-refractivity contribution is -0.136. The van der Waals surface area contributed by atoms with E-state index in [0.717, 1.165) is 18.2 Å². The minimum atomic E-state index is -4.71. The quantitative estimate of drug-likeness (QED) is 0.310. The van der Waals surface area contributed by atoms with E-state index in [-0.39, 0.29) is 34.7 Å². The van der Waals surface area contributed by atoms with Crippen molar-refractivity contribution in [2.24, 2.45) is 0 Å². The van der Waals surface area contributed by atoms with E-state index >= 15 is 0 Å². The maximum Gasteiger partial charge on any atom is 0.418 e. The minimum absolute atomic E-state index is 0.0419. The number of nitrogens with zero attached hydrogens (tertiary/aromatic N) is 4. The normalized spacial score (nSPS) is 11.8. The standard InChI is InChI=1S/C19H8ClF5N4O/c20-16-12(21)3-2-11(17(16)22)18-27-14(28-30-18)8-29-6-5-10-13(29)4-1-9(7-26)15(10)19(23,24)25/h1-6H,8H2. The third-order valence-corrected chi connectivity index (χ3v) is 4.75. The van der Waals surface area contributed by atoms with Crippen molar-refractivity contribution in [3.8, 4) is 17.5 Å². The van der Waals surface area contributed by atoms with Gasteiger partial charge in [-0.3, -0.25) is 0 Å². The SMILES string of the molecule is N#Cc1ccc2c(ccn2Cc2noc(-c3ccc(F)c(Cl)c3F)n2)c1C(F)(F)F. The molecule has 152 valence electrons. The summed E-state index contributed by atoms with van der Waals surface area (Å²) in [5.41, 5.74) is -1.53. The molecule has 0 fully saturated rings. The molecule has 0 aliphatic rings. The second-order valence-electron chi connectivity index (χ2n) is 6.21. The summed E-state index contributed by atoms with van der Waals surface area (Å²) in [5, 5.41) is 11.8. The lowest BCUT2D eigenvalue weighted by atomic mass is 10.0. The Hall–Kier alpha value is -3.45. The van der Waals surface area contributed by atoms with Crippen LogP contribution in [0.15, 0.2) is 41.1 Å². The molecule has 0 saturated heterocycles. The van der Waals surface area contributed by atoms with Crippen molar-refractivity contribution >= 4 is 22.5 Å². The highest BCUT2D eigenvalue weighted by Gasteiger charge is 2.36. The summed E-state index contributed by atoms with van der Waals surface area (Å²) in [6, 6.07) is 7.26. The number of halogens is 6. The Morgan fingerprint density at radius 2 is 1.90 bits per heavy atom. The van der Waals surface area contributed by atoms with E-state index in [2.05, 4.69) is 10.1 Å². The number of benzene rings is 2. The second kappa shape index (κ2) is 7.11. The fourth-order valence-electron chi connectivity index (χ4n) is 3.08. The Bertz CT molecular complexity index is 1320. The molecule has 0 aliphatic carbocycles. The van der Waals surface area contributed by atoms with Gasteiger partial charge in [0.15, 0.2) is 11.6 Å². The van der Waals surface area contributed by atoms with Crippen molar-refractivity contribution < 1.29 is 26.5 Å². The van der Waals surface area contributed by atoms with Crippen LogP contribution in [0.3, 0.4) is 0 Å². The molecule has 4 aromatic rings. The molecule has 2 aromatic carbocycles. The molecule has 2 heterocycles. The molecule has 5 nitrogen and oxygen atoms in total. The van der Waals surface area contributed by atoms with Crippen LogP contribution in [0.25, 0.3) is 22.4 Å². The molecule has 0 atom stereocenters. The number of alkyl halides is 3. The van der Waals surface area contributed by atoms with Crippen LogP contribution < -0.4 is 0 Å². The highest BCUT2D eigenvalue weighted by Crippen LogP contribution is 2.38. The first-order valence-corrected chi connectivity index (χ1v) is 8.64. The third-order valence-electron chi connectivity index (χ3n) is 4.40. The van der Waals surface area contributed by atoms with E-state index in [9.17, 15) is 22.0 Å². The van der Waals surface area contributed by atoms with Crippen molar-refractivity contribution in [2.45, 2.75) is 12.7 Å². The Morgan fingerprint density at radius 3 is 2.60 bits per heavy atom. The van der Waals surface area contributed by atoms with Gasteiger partial charge in [0, 0.05) is 17.1 Å². The van der Waals surface area contributed by atoms with E-state index in [0.29, 0.717) is 0 Å². The van der Waals surface area contributed by atoms with Crippen LogP contribution in [0.4, 0.5) is 22.0 Å². The summed E-state index contributed by atoms with van der Waals surface area (Å²) in [4.78, 5) is 4.00. The summed E-state index contributed by atoms with van der Waals surface area (Å²) in [5.74, 6) is -2.24. The van der Waals surface area contributed by atoms with Crippen molar-refractivity contribution in [2.75, 3.05) is 0 Å². The van der Waals surface area contributed by atoms with Crippen LogP contribution in [-0.2, 0) is 12.7 Å². The lowest BCUT2D eigenvalue weighted by Gasteiger charge is -2.11. The number of aromatic nitrogens is 3. The fraction of sp³-hybridized carbons (Fsp3) is 0.105. The van der Waals surface area contributed by atoms with E-state index in [1.165, 1.54) is 22.9 Å². The first kappa shape index (κ1) is 19.8. The summed E-state index contributed by atoms with van der Waals surface area (Å²) < 4.78 is 74.1. The largest absolute Gasteiger partial charge is 0.418 e. The highest BCUT2D eigenvalue weighted by molar-refractivity contribution is 6.31. The topological polar surface area (TPSA) is 67.6 Å². The Kier molecular flexibility index (Phi) is 4.70. The number of rotatable bonds is 3. The van der Waals surface area contributed by atoms with E-state index < -0.39 is 34.0 Å². The van der Waals surface area contributed by atoms with Crippen LogP contribution in [-0.4, -0.2) is 14.7 Å². The van der Waals surface area contributed by atoms with Crippen molar-refractivity contribution in [3.63, 3.8) is 0 Å². The molecule has 2 aromatic heterocycles. The molecule has 0 amide bonds. The zero-order valence-electron chi connectivity index (χ0n) is 14.6. The minimum Gasteiger partial charge on any atom is -0.340 e. The number of hydrogen-bond donors (Lipinski definition) is 0. The van der Waals surface area contributed by atoms with Crippen molar-refractivity contribution in [1.29, 1.82) is 5.26 Å². The molecule has 30 heavy (non-hydrogen) atoms. The van der Waals surface area contributed by atoms with Gasteiger partial charge in [-0.1, -0.05) is 16.8 Å². The molecule has 4 rings (SSSR count). The van der Waals surface area contributed by atoms with Gasteiger partial charge >= 0.3 is 6.18 Å². The third kappa shape index (κ3) is 3.27. The molecular formula is C19H8ClF5N4O. The molecule has 0 unspecified atom stereocenters. The predicted molar refractivity (Wildman–Crippen MR) is 95.4 cm³/mol. The zero-order chi connectivity index (χ0) is 21.6. The van der Waals surface area contributed by atoms with Crippen LogP contribution >= 0.6 is 11.6 Å². The van der Waals surface area contributed by atoms with Crippen LogP contribution in [0.2, 0.25) is 5.02 Å². The lowest BCUT2D eigenvalue weighted by Crippen LogP contribution is -2.09. The number of nitriles is 1. The molecule has 0 N–H and O–H groups in total. The van der Waals surface area contributed by atoms with Crippen molar-refractivity contribution in [3.05, 3.63) is 70.1 Å². The first-order chi connectivity index (χ1) is 14.2. The van der Waals surface area contributed by atoms with Gasteiger partial charge in [0.25, 0.3) is 5.89 Å². The second-order valence-corrected chi connectivity index (χ2v) is 6.59. The molecule has 0 spiro atoms. The average Bonchev–Trinajstić information content (AvgIpc) is 3.32. The van der Waals surface area contributed by atoms with Gasteiger partial charge < -0.3 is 9.09 Å². The highest BCUT2D eigenvalue weighted by atomic mass is 35.5. The van der Waals surface area contributed by atoms with Gasteiger partial charge in [0.1, 0.15) is 10.8 Å². The summed E-state index contributed by atoms with van der Waals surface area (Å²) >= 11 is 5.54. The summed E-state index contributed by atoms with van der Waals surface area (Å²) in [7, 11) is 0. The number of fused-ring (bicyclic) bond motifs is 1. The molecule has 0 aliphatic heterocycles. The Morgan fingerprint density at radius 1 is 1.13 bits per heavy atom. The maximum absolute atomic E-state index is 14.1. The van der Waals surface area contributed by atoms with Gasteiger partial charge in [-0.2, -0.15) is 23.4 Å². The van der Waals surface area contributed by atoms with E-state index in [1.54, 1.807) is 6.07 Å². The van der Waals surface area contributed by atoms with Crippen LogP contribution in [0.1, 0.15) is 17.0 Å². The molecule has 0 saturated carbocycles. The van der Waals surface area contributed by atoms with Gasteiger partial charge in [-0.25, -0.2) is 8.78 Å². The molecule has 0 radical (unpaired) electrons. The first-order valence-electron chi connectivity index (χ1n) is 8.26. The summed E-state index contributed by atoms with van der Waals surface area (Å²) in [6.07, 6.45) is -3.33. The van der Waals surface area contributed by atoms with Gasteiger partial charge in [0.05, 0.1) is 29.3 Å². The molecular weight excluding hydrogens is 431 g/mol. The van der Waals surface area contributed by atoms with Gasteiger partial charge in [0.2, 0.25) is 0 Å². The van der Waals surface area contributed by atoms with Crippen molar-refractivity contribution in [1.82, 2.24) is 14.7 Å². The van der Waals surface area contributed by atoms with E-state index in [4.69, 9.17) is 21.4 Å². The monoisotopic (exact) mass is 438 g/mol. The Labute approximate surface area is 169 Å². The molecule has 11 heteroatoms. The van der Waals surface area contributed by atoms with Crippen LogP contribution in [0, 0.1) is 23.0 Å². The Balaban J connectivity index is 1.72. The van der Waals surface area contributed by atoms with Gasteiger partial charge in [-0.05, 0) is 30.3 Å². The zero-order valence-corrected chi connectivity index (χ0v) is 15.4. The molecule has 0 bridgehead atoms. The average molecular weight is 439 g/mol. The summed E-state index contributed by atoms with van der Waals surface area (Å²) in [6.45, 7) is -0.0905. The van der Waals surface area contributed by atoms with Crippen LogP contribution in [0.5, 0.6) is 0 Å². The fourth-order valence-corrected chi connectivity index (χ4v) is 3.24. The van der Waals surface area contributed by atoms with Gasteiger partial charge in [-0.15, -0.1) is 0 Å². The smallest absolute Gasteiger partial charge is 0.340 e.